The predicted octanol–water partition coefficient (Wildman–Crippen LogP) is 4.17. The molecule has 1 aliphatic rings. The lowest BCUT2D eigenvalue weighted by atomic mass is 9.90. The van der Waals surface area contributed by atoms with E-state index in [2.05, 4.69) is 37.4 Å². The molecule has 1 saturated carbocycles. The van der Waals surface area contributed by atoms with E-state index in [-0.39, 0.29) is 0 Å². The van der Waals surface area contributed by atoms with Crippen LogP contribution in [0.5, 0.6) is 5.75 Å². The molecule has 1 aromatic carbocycles. The molecule has 0 spiro atoms. The van der Waals surface area contributed by atoms with Crippen LogP contribution in [0.25, 0.3) is 0 Å². The molecule has 1 aromatic rings. The fourth-order valence-electron chi connectivity index (χ4n) is 3.40. The van der Waals surface area contributed by atoms with Crippen molar-refractivity contribution in [3.05, 3.63) is 29.8 Å². The Labute approximate surface area is 117 Å². The van der Waals surface area contributed by atoms with Crippen LogP contribution in [-0.2, 0) is 0 Å². The van der Waals surface area contributed by atoms with Crippen molar-refractivity contribution in [3.63, 3.8) is 0 Å². The Hall–Kier alpha value is -1.02. The van der Waals surface area contributed by atoms with Crippen LogP contribution < -0.4 is 10.1 Å². The van der Waals surface area contributed by atoms with Crippen molar-refractivity contribution in [1.82, 2.24) is 5.32 Å². The van der Waals surface area contributed by atoms with Crippen LogP contribution in [0.2, 0.25) is 0 Å². The van der Waals surface area contributed by atoms with Gasteiger partial charge in [-0.15, -0.1) is 0 Å². The first kappa shape index (κ1) is 14.4. The third-order valence-corrected chi connectivity index (χ3v) is 4.51. The van der Waals surface area contributed by atoms with E-state index < -0.39 is 0 Å². The maximum atomic E-state index is 5.36. The lowest BCUT2D eigenvalue weighted by Gasteiger charge is -2.25. The normalized spacial score (nSPS) is 24.4. The van der Waals surface area contributed by atoms with Gasteiger partial charge in [0.2, 0.25) is 0 Å². The third kappa shape index (κ3) is 3.50. The van der Waals surface area contributed by atoms with Gasteiger partial charge in [0.1, 0.15) is 5.75 Å². The highest BCUT2D eigenvalue weighted by Gasteiger charge is 2.30. The van der Waals surface area contributed by atoms with Gasteiger partial charge in [-0.25, -0.2) is 0 Å². The number of nitrogens with one attached hydrogen (secondary N) is 1. The number of ether oxygens (including phenoxy) is 1. The van der Waals surface area contributed by atoms with Crippen LogP contribution in [0.1, 0.15) is 51.1 Å². The molecule has 3 unspecified atom stereocenters. The van der Waals surface area contributed by atoms with E-state index in [1.54, 1.807) is 7.11 Å². The summed E-state index contributed by atoms with van der Waals surface area (Å²) in [6.45, 7) is 5.54. The Morgan fingerprint density at radius 2 is 2.16 bits per heavy atom. The van der Waals surface area contributed by atoms with E-state index in [4.69, 9.17) is 4.74 Å². The molecular weight excluding hydrogens is 234 g/mol. The predicted molar refractivity (Wildman–Crippen MR) is 80.5 cm³/mol. The highest BCUT2D eigenvalue weighted by atomic mass is 16.5. The van der Waals surface area contributed by atoms with E-state index in [0.29, 0.717) is 6.04 Å². The lowest BCUT2D eigenvalue weighted by Crippen LogP contribution is -2.27. The van der Waals surface area contributed by atoms with Gasteiger partial charge in [0.15, 0.2) is 0 Å². The number of benzene rings is 1. The fourth-order valence-corrected chi connectivity index (χ4v) is 3.40. The van der Waals surface area contributed by atoms with Gasteiger partial charge in [-0.2, -0.15) is 0 Å². The molecule has 106 valence electrons. The van der Waals surface area contributed by atoms with Gasteiger partial charge in [0, 0.05) is 6.04 Å². The van der Waals surface area contributed by atoms with Crippen LogP contribution in [0.15, 0.2) is 24.3 Å². The SMILES string of the molecule is CCNC(c1cccc(OC)c1)C1CCC(CC)C1. The van der Waals surface area contributed by atoms with Gasteiger partial charge in [-0.3, -0.25) is 0 Å². The maximum absolute atomic E-state index is 5.36. The van der Waals surface area contributed by atoms with Crippen molar-refractivity contribution in [2.45, 2.75) is 45.6 Å². The van der Waals surface area contributed by atoms with Crippen molar-refractivity contribution in [2.24, 2.45) is 11.8 Å². The minimum Gasteiger partial charge on any atom is -0.497 e. The molecule has 1 fully saturated rings. The molecule has 0 aromatic heterocycles. The average Bonchev–Trinajstić information content (AvgIpc) is 2.93. The molecule has 2 rings (SSSR count). The summed E-state index contributed by atoms with van der Waals surface area (Å²) in [6.07, 6.45) is 5.44. The largest absolute Gasteiger partial charge is 0.497 e. The third-order valence-electron chi connectivity index (χ3n) is 4.51. The molecule has 0 amide bonds. The van der Waals surface area contributed by atoms with Crippen molar-refractivity contribution in [2.75, 3.05) is 13.7 Å². The van der Waals surface area contributed by atoms with Gasteiger partial charge in [0.05, 0.1) is 7.11 Å². The van der Waals surface area contributed by atoms with Crippen LogP contribution in [0, 0.1) is 11.8 Å². The second kappa shape index (κ2) is 6.95. The molecule has 0 bridgehead atoms. The Bertz CT molecular complexity index is 391. The smallest absolute Gasteiger partial charge is 0.119 e. The Morgan fingerprint density at radius 1 is 1.32 bits per heavy atom. The molecule has 0 radical (unpaired) electrons. The van der Waals surface area contributed by atoms with Crippen LogP contribution >= 0.6 is 0 Å². The van der Waals surface area contributed by atoms with E-state index in [1.807, 2.05) is 6.07 Å². The summed E-state index contributed by atoms with van der Waals surface area (Å²) < 4.78 is 5.36. The summed E-state index contributed by atoms with van der Waals surface area (Å²) >= 11 is 0. The monoisotopic (exact) mass is 261 g/mol. The molecule has 19 heavy (non-hydrogen) atoms. The van der Waals surface area contributed by atoms with E-state index in [0.717, 1.165) is 24.1 Å². The van der Waals surface area contributed by atoms with Crippen LogP contribution in [-0.4, -0.2) is 13.7 Å². The van der Waals surface area contributed by atoms with Crippen LogP contribution in [0.4, 0.5) is 0 Å². The Balaban J connectivity index is 2.14. The Kier molecular flexibility index (Phi) is 5.26. The summed E-state index contributed by atoms with van der Waals surface area (Å²) in [4.78, 5) is 0. The van der Waals surface area contributed by atoms with Gasteiger partial charge in [-0.1, -0.05) is 38.8 Å². The Morgan fingerprint density at radius 3 is 2.79 bits per heavy atom. The lowest BCUT2D eigenvalue weighted by molar-refractivity contribution is 0.356. The number of rotatable bonds is 6. The molecule has 3 atom stereocenters. The molecule has 0 heterocycles. The fraction of sp³-hybridized carbons (Fsp3) is 0.647. The minimum atomic E-state index is 0.483. The quantitative estimate of drug-likeness (QED) is 0.829. The molecular formula is C17H27NO. The van der Waals surface area contributed by atoms with Gasteiger partial charge >= 0.3 is 0 Å². The van der Waals surface area contributed by atoms with Gasteiger partial charge < -0.3 is 10.1 Å². The minimum absolute atomic E-state index is 0.483. The molecule has 0 aliphatic heterocycles. The summed E-state index contributed by atoms with van der Waals surface area (Å²) in [7, 11) is 1.74. The highest BCUT2D eigenvalue weighted by Crippen LogP contribution is 2.40. The zero-order valence-electron chi connectivity index (χ0n) is 12.5. The molecule has 0 saturated heterocycles. The first-order chi connectivity index (χ1) is 9.28. The highest BCUT2D eigenvalue weighted by molar-refractivity contribution is 5.31. The summed E-state index contributed by atoms with van der Waals surface area (Å²) in [5.74, 6) is 2.67. The maximum Gasteiger partial charge on any atom is 0.119 e. The van der Waals surface area contributed by atoms with E-state index in [1.165, 1.54) is 31.2 Å². The van der Waals surface area contributed by atoms with Crippen molar-refractivity contribution >= 4 is 0 Å². The summed E-state index contributed by atoms with van der Waals surface area (Å²) in [5, 5.41) is 3.68. The summed E-state index contributed by atoms with van der Waals surface area (Å²) in [6, 6.07) is 9.03. The van der Waals surface area contributed by atoms with Crippen molar-refractivity contribution in [1.29, 1.82) is 0 Å². The van der Waals surface area contributed by atoms with Gasteiger partial charge in [-0.05, 0) is 48.9 Å². The number of hydrogen-bond acceptors (Lipinski definition) is 2. The molecule has 2 heteroatoms. The zero-order valence-corrected chi connectivity index (χ0v) is 12.5. The van der Waals surface area contributed by atoms with Crippen LogP contribution in [0.3, 0.4) is 0 Å². The first-order valence-corrected chi connectivity index (χ1v) is 7.65. The molecule has 1 aliphatic carbocycles. The van der Waals surface area contributed by atoms with Crippen molar-refractivity contribution < 1.29 is 4.74 Å². The average molecular weight is 261 g/mol. The topological polar surface area (TPSA) is 21.3 Å². The van der Waals surface area contributed by atoms with E-state index >= 15 is 0 Å². The second-order valence-electron chi connectivity index (χ2n) is 5.66. The second-order valence-corrected chi connectivity index (χ2v) is 5.66. The molecule has 2 nitrogen and oxygen atoms in total. The number of methoxy groups -OCH3 is 1. The van der Waals surface area contributed by atoms with Gasteiger partial charge in [0.25, 0.3) is 0 Å². The van der Waals surface area contributed by atoms with E-state index in [9.17, 15) is 0 Å². The van der Waals surface area contributed by atoms with Crippen molar-refractivity contribution in [3.8, 4) is 5.75 Å². The first-order valence-electron chi connectivity index (χ1n) is 7.65. The standard InChI is InChI=1S/C17H27NO/c1-4-13-9-10-15(11-13)17(18-5-2)14-7-6-8-16(12-14)19-3/h6-8,12-13,15,17-18H,4-5,9-11H2,1-3H3. The summed E-state index contributed by atoms with van der Waals surface area (Å²) in [5.41, 5.74) is 1.38. The zero-order chi connectivity index (χ0) is 13.7. The number of hydrogen-bond donors (Lipinski definition) is 1. The molecule has 1 N–H and O–H groups in total.